The van der Waals surface area contributed by atoms with E-state index in [4.69, 9.17) is 4.74 Å². The third kappa shape index (κ3) is 8.05. The molecule has 1 rings (SSSR count). The van der Waals surface area contributed by atoms with E-state index in [0.29, 0.717) is 11.8 Å². The Labute approximate surface area is 130 Å². The summed E-state index contributed by atoms with van der Waals surface area (Å²) in [5.41, 5.74) is 1.24. The minimum absolute atomic E-state index is 0.648. The van der Waals surface area contributed by atoms with Gasteiger partial charge in [-0.3, -0.25) is 0 Å². The molecule has 120 valence electrons. The minimum Gasteiger partial charge on any atom is -0.477 e. The van der Waals surface area contributed by atoms with Gasteiger partial charge in [0.15, 0.2) is 0 Å². The average molecular weight is 292 g/mol. The summed E-state index contributed by atoms with van der Waals surface area (Å²) in [6.45, 7) is 11.6. The number of rotatable bonds is 11. The second-order valence-corrected chi connectivity index (χ2v) is 6.25. The van der Waals surface area contributed by atoms with E-state index in [0.717, 1.165) is 25.6 Å². The first kappa shape index (κ1) is 18.0. The van der Waals surface area contributed by atoms with Crippen molar-refractivity contribution >= 4 is 0 Å². The minimum atomic E-state index is 0.648. The molecule has 3 nitrogen and oxygen atoms in total. The fourth-order valence-electron chi connectivity index (χ4n) is 2.25. The zero-order chi connectivity index (χ0) is 15.5. The Hall–Kier alpha value is -1.09. The van der Waals surface area contributed by atoms with Gasteiger partial charge in [0.25, 0.3) is 0 Å². The molecule has 0 radical (unpaired) electrons. The molecule has 3 heteroatoms. The molecule has 0 aliphatic carbocycles. The summed E-state index contributed by atoms with van der Waals surface area (Å²) >= 11 is 0. The molecule has 0 fully saturated rings. The maximum atomic E-state index is 5.89. The van der Waals surface area contributed by atoms with Crippen LogP contribution in [-0.2, 0) is 6.54 Å². The second-order valence-electron chi connectivity index (χ2n) is 6.25. The summed E-state index contributed by atoms with van der Waals surface area (Å²) in [6, 6.07) is 4.11. The number of hydrogen-bond donors (Lipinski definition) is 1. The molecule has 0 bridgehead atoms. The predicted molar refractivity (Wildman–Crippen MR) is 89.6 cm³/mol. The molecule has 21 heavy (non-hydrogen) atoms. The normalized spacial score (nSPS) is 12.6. The maximum absolute atomic E-state index is 5.89. The molecular weight excluding hydrogens is 260 g/mol. The summed E-state index contributed by atoms with van der Waals surface area (Å²) < 4.78 is 5.89. The number of nitrogens with one attached hydrogen (secondary N) is 1. The molecule has 0 aliphatic rings. The van der Waals surface area contributed by atoms with E-state index in [9.17, 15) is 0 Å². The summed E-state index contributed by atoms with van der Waals surface area (Å²) in [6.07, 6.45) is 6.81. The number of ether oxygens (including phenoxy) is 1. The van der Waals surface area contributed by atoms with E-state index in [-0.39, 0.29) is 0 Å². The van der Waals surface area contributed by atoms with Crippen LogP contribution in [0, 0.1) is 11.8 Å². The number of pyridine rings is 1. The maximum Gasteiger partial charge on any atom is 0.213 e. The molecule has 0 saturated carbocycles. The number of unbranched alkanes of at least 4 members (excludes halogenated alkanes) is 1. The molecule has 1 unspecified atom stereocenters. The average Bonchev–Trinajstić information content (AvgIpc) is 2.47. The summed E-state index contributed by atoms with van der Waals surface area (Å²) in [4.78, 5) is 4.32. The van der Waals surface area contributed by atoms with E-state index >= 15 is 0 Å². The van der Waals surface area contributed by atoms with Crippen molar-refractivity contribution < 1.29 is 4.74 Å². The Balaban J connectivity index is 2.40. The van der Waals surface area contributed by atoms with Crippen molar-refractivity contribution in [2.24, 2.45) is 11.8 Å². The zero-order valence-electron chi connectivity index (χ0n) is 14.2. The Morgan fingerprint density at radius 3 is 2.76 bits per heavy atom. The van der Waals surface area contributed by atoms with Crippen LogP contribution in [0.25, 0.3) is 0 Å². The van der Waals surface area contributed by atoms with Gasteiger partial charge in [-0.1, -0.05) is 47.0 Å². The molecule has 0 spiro atoms. The molecule has 0 aliphatic heterocycles. The van der Waals surface area contributed by atoms with Crippen molar-refractivity contribution in [3.8, 4) is 5.88 Å². The highest BCUT2D eigenvalue weighted by Gasteiger charge is 2.07. The van der Waals surface area contributed by atoms with Crippen molar-refractivity contribution in [1.82, 2.24) is 10.3 Å². The zero-order valence-corrected chi connectivity index (χ0v) is 14.2. The van der Waals surface area contributed by atoms with E-state index in [1.165, 1.54) is 31.2 Å². The van der Waals surface area contributed by atoms with Gasteiger partial charge in [0, 0.05) is 18.8 Å². The Kier molecular flexibility index (Phi) is 9.07. The fraction of sp³-hybridized carbons (Fsp3) is 0.722. The third-order valence-electron chi connectivity index (χ3n) is 3.69. The van der Waals surface area contributed by atoms with E-state index in [1.807, 2.05) is 6.20 Å². The van der Waals surface area contributed by atoms with Crippen LogP contribution in [0.4, 0.5) is 0 Å². The number of nitrogens with zero attached hydrogens (tertiary/aromatic N) is 1. The molecule has 1 aromatic rings. The molecule has 1 N–H and O–H groups in total. The highest BCUT2D eigenvalue weighted by Crippen LogP contribution is 2.16. The lowest BCUT2D eigenvalue weighted by Gasteiger charge is -2.15. The van der Waals surface area contributed by atoms with Crippen LogP contribution in [0.1, 0.15) is 58.9 Å². The van der Waals surface area contributed by atoms with Gasteiger partial charge in [-0.2, -0.15) is 0 Å². The Morgan fingerprint density at radius 2 is 2.10 bits per heavy atom. The van der Waals surface area contributed by atoms with Crippen molar-refractivity contribution in [2.45, 2.75) is 59.9 Å². The monoisotopic (exact) mass is 292 g/mol. The van der Waals surface area contributed by atoms with Crippen molar-refractivity contribution in [3.05, 3.63) is 23.9 Å². The van der Waals surface area contributed by atoms with Gasteiger partial charge in [0.1, 0.15) is 0 Å². The Morgan fingerprint density at radius 1 is 1.29 bits per heavy atom. The van der Waals surface area contributed by atoms with Gasteiger partial charge in [0.05, 0.1) is 6.61 Å². The molecule has 0 aromatic carbocycles. The summed E-state index contributed by atoms with van der Waals surface area (Å²) in [7, 11) is 0. The first-order valence-corrected chi connectivity index (χ1v) is 8.44. The van der Waals surface area contributed by atoms with Crippen LogP contribution in [0.15, 0.2) is 18.3 Å². The summed E-state index contributed by atoms with van der Waals surface area (Å²) in [5, 5.41) is 3.45. The Bertz CT molecular complexity index is 379. The molecular formula is C18H32N2O. The van der Waals surface area contributed by atoms with Crippen LogP contribution < -0.4 is 10.1 Å². The fourth-order valence-corrected chi connectivity index (χ4v) is 2.25. The van der Waals surface area contributed by atoms with Crippen molar-refractivity contribution in [3.63, 3.8) is 0 Å². The van der Waals surface area contributed by atoms with Crippen molar-refractivity contribution in [2.75, 3.05) is 13.2 Å². The number of hydrogen-bond acceptors (Lipinski definition) is 3. The highest BCUT2D eigenvalue weighted by molar-refractivity contribution is 5.20. The van der Waals surface area contributed by atoms with Gasteiger partial charge in [-0.05, 0) is 36.4 Å². The highest BCUT2D eigenvalue weighted by atomic mass is 16.5. The first-order valence-electron chi connectivity index (χ1n) is 8.44. The third-order valence-corrected chi connectivity index (χ3v) is 3.69. The lowest BCUT2D eigenvalue weighted by atomic mass is 10.0. The molecule has 0 saturated heterocycles. The topological polar surface area (TPSA) is 34.1 Å². The summed E-state index contributed by atoms with van der Waals surface area (Å²) in [5.74, 6) is 2.08. The lowest BCUT2D eigenvalue weighted by molar-refractivity contribution is 0.225. The van der Waals surface area contributed by atoms with Crippen molar-refractivity contribution in [1.29, 1.82) is 0 Å². The van der Waals surface area contributed by atoms with Crippen LogP contribution in [0.5, 0.6) is 5.88 Å². The molecule has 1 aromatic heterocycles. The van der Waals surface area contributed by atoms with Gasteiger partial charge in [-0.25, -0.2) is 4.98 Å². The first-order chi connectivity index (χ1) is 10.2. The molecule has 1 atom stereocenters. The van der Waals surface area contributed by atoms with Crippen LogP contribution in [0.2, 0.25) is 0 Å². The second kappa shape index (κ2) is 10.6. The van der Waals surface area contributed by atoms with E-state index in [1.54, 1.807) is 0 Å². The molecule has 1 heterocycles. The van der Waals surface area contributed by atoms with E-state index in [2.05, 4.69) is 50.1 Å². The van der Waals surface area contributed by atoms with E-state index < -0.39 is 0 Å². The van der Waals surface area contributed by atoms with Crippen LogP contribution in [-0.4, -0.2) is 18.1 Å². The molecule has 0 amide bonds. The van der Waals surface area contributed by atoms with Gasteiger partial charge in [-0.15, -0.1) is 0 Å². The largest absolute Gasteiger partial charge is 0.477 e. The quantitative estimate of drug-likeness (QED) is 0.655. The van der Waals surface area contributed by atoms with Crippen LogP contribution >= 0.6 is 0 Å². The lowest BCUT2D eigenvalue weighted by Crippen LogP contribution is -2.19. The van der Waals surface area contributed by atoms with Gasteiger partial charge < -0.3 is 10.1 Å². The van der Waals surface area contributed by atoms with Gasteiger partial charge >= 0.3 is 0 Å². The predicted octanol–water partition coefficient (Wildman–Crippen LogP) is 4.42. The number of aromatic nitrogens is 1. The SMILES string of the molecule is CCCCC(CC)COc1cc(CNCC(C)C)ccn1. The smallest absolute Gasteiger partial charge is 0.213 e. The standard InChI is InChI=1S/C18H32N2O/c1-5-7-8-16(6-2)14-21-18-11-17(9-10-20-18)13-19-12-15(3)4/h9-11,15-16,19H,5-8,12-14H2,1-4H3. The van der Waals surface area contributed by atoms with Gasteiger partial charge in [0.2, 0.25) is 5.88 Å². The van der Waals surface area contributed by atoms with Crippen LogP contribution in [0.3, 0.4) is 0 Å².